The minimum Gasteiger partial charge on any atom is -0.394 e. The van der Waals surface area contributed by atoms with Gasteiger partial charge < -0.3 is 5.11 Å². The minimum atomic E-state index is -4.20. The highest BCUT2D eigenvalue weighted by atomic mass is 32.2. The van der Waals surface area contributed by atoms with Crippen LogP contribution in [0.2, 0.25) is 0 Å². The molecule has 0 radical (unpaired) electrons. The van der Waals surface area contributed by atoms with Gasteiger partial charge in [-0.3, -0.25) is 10.1 Å². The quantitative estimate of drug-likeness (QED) is 0.621. The molecule has 1 aromatic carbocycles. The minimum absolute atomic E-state index is 0.388. The van der Waals surface area contributed by atoms with Crippen LogP contribution in [0.3, 0.4) is 0 Å². The molecule has 1 aromatic rings. The molecule has 9 heteroatoms. The van der Waals surface area contributed by atoms with Crippen molar-refractivity contribution in [2.75, 3.05) is 6.61 Å². The van der Waals surface area contributed by atoms with Gasteiger partial charge in [0.1, 0.15) is 5.82 Å². The van der Waals surface area contributed by atoms with Crippen LogP contribution >= 0.6 is 0 Å². The van der Waals surface area contributed by atoms with E-state index in [4.69, 9.17) is 0 Å². The van der Waals surface area contributed by atoms with E-state index in [0.717, 1.165) is 18.6 Å². The van der Waals surface area contributed by atoms with Crippen LogP contribution in [0.4, 0.5) is 10.1 Å². The van der Waals surface area contributed by atoms with Crippen LogP contribution in [-0.2, 0) is 10.0 Å². The van der Waals surface area contributed by atoms with E-state index in [1.54, 1.807) is 0 Å². The first-order valence-corrected chi connectivity index (χ1v) is 7.37. The van der Waals surface area contributed by atoms with Crippen molar-refractivity contribution in [3.05, 3.63) is 34.1 Å². The molecule has 0 bridgehead atoms. The fourth-order valence-electron chi connectivity index (χ4n) is 2.10. The average molecular weight is 304 g/mol. The second-order valence-electron chi connectivity index (χ2n) is 4.77. The summed E-state index contributed by atoms with van der Waals surface area (Å²) in [5, 5.41) is 20.1. The molecule has 0 aromatic heterocycles. The number of halogens is 1. The molecule has 1 aliphatic rings. The number of nitro benzene ring substituents is 1. The number of rotatable bonds is 5. The third-order valence-electron chi connectivity index (χ3n) is 3.37. The maximum atomic E-state index is 13.0. The lowest BCUT2D eigenvalue weighted by molar-refractivity contribution is -0.388. The molecule has 0 spiro atoms. The summed E-state index contributed by atoms with van der Waals surface area (Å²) < 4.78 is 39.7. The zero-order valence-electron chi connectivity index (χ0n) is 10.4. The Balaban J connectivity index is 2.42. The van der Waals surface area contributed by atoms with E-state index in [2.05, 4.69) is 4.72 Å². The van der Waals surface area contributed by atoms with E-state index in [1.165, 1.54) is 0 Å². The highest BCUT2D eigenvalue weighted by Crippen LogP contribution is 2.34. The molecule has 0 amide bonds. The first-order chi connectivity index (χ1) is 9.30. The Hall–Kier alpha value is -1.58. The summed E-state index contributed by atoms with van der Waals surface area (Å²) in [6, 6.07) is 2.24. The highest BCUT2D eigenvalue weighted by molar-refractivity contribution is 7.89. The van der Waals surface area contributed by atoms with Gasteiger partial charge in [-0.2, -0.15) is 0 Å². The lowest BCUT2D eigenvalue weighted by Gasteiger charge is -2.40. The summed E-state index contributed by atoms with van der Waals surface area (Å²) in [7, 11) is -4.20. The number of nitrogens with one attached hydrogen (secondary N) is 1. The molecule has 1 aliphatic carbocycles. The Morgan fingerprint density at radius 2 is 2.10 bits per heavy atom. The van der Waals surface area contributed by atoms with Crippen molar-refractivity contribution in [1.29, 1.82) is 0 Å². The largest absolute Gasteiger partial charge is 0.394 e. The molecule has 20 heavy (non-hydrogen) atoms. The van der Waals surface area contributed by atoms with Gasteiger partial charge in [0.15, 0.2) is 4.90 Å². The normalized spacial score (nSPS) is 17.5. The van der Waals surface area contributed by atoms with Crippen molar-refractivity contribution in [2.45, 2.75) is 29.7 Å². The highest BCUT2D eigenvalue weighted by Gasteiger charge is 2.41. The molecule has 1 saturated carbocycles. The average Bonchev–Trinajstić information content (AvgIpc) is 2.33. The van der Waals surface area contributed by atoms with Crippen LogP contribution in [0.5, 0.6) is 0 Å². The molecule has 0 saturated heterocycles. The first-order valence-electron chi connectivity index (χ1n) is 5.88. The lowest BCUT2D eigenvalue weighted by Crippen LogP contribution is -2.56. The standard InChI is InChI=1S/C11H13FN2O5S/c12-8-2-3-10(9(6-8)14(16)17)20(18,19)13-11(7-15)4-1-5-11/h2-3,6,13,15H,1,4-5,7H2. The third kappa shape index (κ3) is 2.65. The van der Waals surface area contributed by atoms with Crippen LogP contribution in [0.15, 0.2) is 23.1 Å². The molecule has 2 N–H and O–H groups in total. The third-order valence-corrected chi connectivity index (χ3v) is 5.00. The maximum absolute atomic E-state index is 13.0. The predicted molar refractivity (Wildman–Crippen MR) is 67.0 cm³/mol. The van der Waals surface area contributed by atoms with Gasteiger partial charge in [-0.05, 0) is 31.4 Å². The molecule has 7 nitrogen and oxygen atoms in total. The molecule has 0 heterocycles. The number of hydrogen-bond acceptors (Lipinski definition) is 5. The van der Waals surface area contributed by atoms with Crippen LogP contribution in [-0.4, -0.2) is 30.6 Å². The first kappa shape index (κ1) is 14.8. The summed E-state index contributed by atoms with van der Waals surface area (Å²) in [5.74, 6) is -0.892. The SMILES string of the molecule is O=[N+]([O-])c1cc(F)ccc1S(=O)(=O)NC1(CO)CCC1. The number of nitrogens with zero attached hydrogens (tertiary/aromatic N) is 1. The van der Waals surface area contributed by atoms with E-state index in [-0.39, 0.29) is 6.61 Å². The Morgan fingerprint density at radius 3 is 2.55 bits per heavy atom. The smallest absolute Gasteiger partial charge is 0.292 e. The summed E-state index contributed by atoms with van der Waals surface area (Å²) in [6.45, 7) is -0.388. The van der Waals surface area contributed by atoms with Gasteiger partial charge in [-0.1, -0.05) is 0 Å². The van der Waals surface area contributed by atoms with Crippen molar-refractivity contribution < 1.29 is 22.8 Å². The zero-order valence-corrected chi connectivity index (χ0v) is 11.2. The lowest BCUT2D eigenvalue weighted by atomic mass is 9.78. The van der Waals surface area contributed by atoms with E-state index < -0.39 is 36.9 Å². The Bertz CT molecular complexity index is 637. The number of nitro groups is 1. The van der Waals surface area contributed by atoms with Crippen molar-refractivity contribution in [2.24, 2.45) is 0 Å². The molecule has 1 fully saturated rings. The van der Waals surface area contributed by atoms with Crippen molar-refractivity contribution in [3.8, 4) is 0 Å². The molecule has 0 aliphatic heterocycles. The molecular weight excluding hydrogens is 291 g/mol. The topological polar surface area (TPSA) is 110 Å². The molecule has 0 atom stereocenters. The summed E-state index contributed by atoms with van der Waals surface area (Å²) in [5.41, 5.74) is -1.80. The monoisotopic (exact) mass is 304 g/mol. The summed E-state index contributed by atoms with van der Waals surface area (Å²) >= 11 is 0. The summed E-state index contributed by atoms with van der Waals surface area (Å²) in [6.07, 6.45) is 1.67. The fraction of sp³-hybridized carbons (Fsp3) is 0.455. The Labute approximate surface area is 114 Å². The van der Waals surface area contributed by atoms with E-state index in [1.807, 2.05) is 0 Å². The van der Waals surface area contributed by atoms with Gasteiger partial charge in [0.25, 0.3) is 5.69 Å². The number of benzene rings is 1. The maximum Gasteiger partial charge on any atom is 0.292 e. The Kier molecular flexibility index (Phi) is 3.76. The zero-order chi connectivity index (χ0) is 15.0. The van der Waals surface area contributed by atoms with Gasteiger partial charge in [0, 0.05) is 0 Å². The van der Waals surface area contributed by atoms with Crippen molar-refractivity contribution in [3.63, 3.8) is 0 Å². The van der Waals surface area contributed by atoms with E-state index in [0.29, 0.717) is 18.9 Å². The molecule has 110 valence electrons. The van der Waals surface area contributed by atoms with Gasteiger partial charge >= 0.3 is 0 Å². The van der Waals surface area contributed by atoms with Crippen LogP contribution in [0.1, 0.15) is 19.3 Å². The molecule has 2 rings (SSSR count). The van der Waals surface area contributed by atoms with Crippen LogP contribution in [0.25, 0.3) is 0 Å². The number of sulfonamides is 1. The Morgan fingerprint density at radius 1 is 1.45 bits per heavy atom. The molecular formula is C11H13FN2O5S. The van der Waals surface area contributed by atoms with Gasteiger partial charge in [-0.15, -0.1) is 0 Å². The number of hydrogen-bond donors (Lipinski definition) is 2. The molecule has 0 unspecified atom stereocenters. The summed E-state index contributed by atoms with van der Waals surface area (Å²) in [4.78, 5) is 9.27. The van der Waals surface area contributed by atoms with Gasteiger partial charge in [0.2, 0.25) is 10.0 Å². The van der Waals surface area contributed by atoms with Gasteiger partial charge in [0.05, 0.1) is 23.1 Å². The second-order valence-corrected chi connectivity index (χ2v) is 6.42. The second kappa shape index (κ2) is 5.08. The number of aliphatic hydroxyl groups is 1. The van der Waals surface area contributed by atoms with Crippen LogP contribution < -0.4 is 4.72 Å². The number of aliphatic hydroxyl groups excluding tert-OH is 1. The van der Waals surface area contributed by atoms with Crippen molar-refractivity contribution in [1.82, 2.24) is 4.72 Å². The van der Waals surface area contributed by atoms with E-state index in [9.17, 15) is 28.0 Å². The van der Waals surface area contributed by atoms with Crippen molar-refractivity contribution >= 4 is 15.7 Å². The predicted octanol–water partition coefficient (Wildman–Crippen LogP) is 0.927. The van der Waals surface area contributed by atoms with Gasteiger partial charge in [-0.25, -0.2) is 17.5 Å². The van der Waals surface area contributed by atoms with E-state index >= 15 is 0 Å². The fourth-order valence-corrected chi connectivity index (χ4v) is 3.70. The van der Waals surface area contributed by atoms with Crippen LogP contribution in [0, 0.1) is 15.9 Å².